The monoisotopic (exact) mass is 258 g/mol. The Labute approximate surface area is 104 Å². The van der Waals surface area contributed by atoms with E-state index < -0.39 is 0 Å². The van der Waals surface area contributed by atoms with Gasteiger partial charge in [0.05, 0.1) is 16.1 Å². The zero-order valence-corrected chi connectivity index (χ0v) is 10.1. The highest BCUT2D eigenvalue weighted by Crippen LogP contribution is 2.27. The van der Waals surface area contributed by atoms with Gasteiger partial charge in [0.25, 0.3) is 6.02 Å². The summed E-state index contributed by atoms with van der Waals surface area (Å²) in [6.45, 7) is 0.560. The van der Waals surface area contributed by atoms with Crippen LogP contribution in [0.2, 0.25) is 10.0 Å². The molecule has 16 heavy (non-hydrogen) atoms. The number of nitrogens with two attached hydrogens (primary N) is 1. The van der Waals surface area contributed by atoms with Crippen LogP contribution in [0, 0.1) is 0 Å². The number of halogens is 2. The van der Waals surface area contributed by atoms with Crippen LogP contribution in [0.15, 0.2) is 23.2 Å². The largest absolute Gasteiger partial charge is 0.463 e. The standard InChI is InChI=1S/C11H12Cl2N2O/c12-9-3-1-2-7(10(9)13)4-5-8-6-16-11(14)15-8/h1-3,8H,4-6H2,(H2,14,15)/t8-/m0/s1. The van der Waals surface area contributed by atoms with Crippen LogP contribution in [-0.2, 0) is 11.2 Å². The van der Waals surface area contributed by atoms with E-state index >= 15 is 0 Å². The Balaban J connectivity index is 1.97. The molecule has 0 radical (unpaired) electrons. The van der Waals surface area contributed by atoms with Crippen LogP contribution >= 0.6 is 23.2 Å². The number of aliphatic imine (C=N–C) groups is 1. The van der Waals surface area contributed by atoms with Gasteiger partial charge in [-0.25, -0.2) is 4.99 Å². The van der Waals surface area contributed by atoms with Crippen molar-refractivity contribution in [2.75, 3.05) is 6.61 Å². The van der Waals surface area contributed by atoms with Gasteiger partial charge in [0.1, 0.15) is 6.61 Å². The highest BCUT2D eigenvalue weighted by atomic mass is 35.5. The molecule has 86 valence electrons. The first-order valence-electron chi connectivity index (χ1n) is 5.06. The van der Waals surface area contributed by atoms with Crippen LogP contribution in [0.5, 0.6) is 0 Å². The molecule has 3 nitrogen and oxygen atoms in total. The SMILES string of the molecule is NC1=N[C@@H](CCc2cccc(Cl)c2Cl)CO1. The zero-order chi connectivity index (χ0) is 11.5. The van der Waals surface area contributed by atoms with E-state index in [0.29, 0.717) is 16.7 Å². The van der Waals surface area contributed by atoms with Crippen molar-refractivity contribution < 1.29 is 4.74 Å². The predicted octanol–water partition coefficient (Wildman–Crippen LogP) is 2.64. The van der Waals surface area contributed by atoms with Crippen LogP contribution in [0.1, 0.15) is 12.0 Å². The fourth-order valence-corrected chi connectivity index (χ4v) is 2.06. The van der Waals surface area contributed by atoms with E-state index in [1.807, 2.05) is 12.1 Å². The van der Waals surface area contributed by atoms with Crippen LogP contribution < -0.4 is 5.73 Å². The number of ether oxygens (including phenoxy) is 1. The minimum atomic E-state index is 0.134. The van der Waals surface area contributed by atoms with Crippen molar-refractivity contribution in [3.63, 3.8) is 0 Å². The average Bonchev–Trinajstić information content (AvgIpc) is 2.67. The molecule has 1 aliphatic heterocycles. The first kappa shape index (κ1) is 11.6. The number of hydrogen-bond acceptors (Lipinski definition) is 3. The lowest BCUT2D eigenvalue weighted by Gasteiger charge is -2.07. The lowest BCUT2D eigenvalue weighted by molar-refractivity contribution is 0.308. The first-order valence-corrected chi connectivity index (χ1v) is 5.81. The lowest BCUT2D eigenvalue weighted by Crippen LogP contribution is -2.10. The van der Waals surface area contributed by atoms with E-state index in [1.165, 1.54) is 0 Å². The Morgan fingerprint density at radius 1 is 1.44 bits per heavy atom. The van der Waals surface area contributed by atoms with Gasteiger partial charge < -0.3 is 10.5 Å². The van der Waals surface area contributed by atoms with Crippen molar-refractivity contribution in [2.24, 2.45) is 10.7 Å². The van der Waals surface area contributed by atoms with Gasteiger partial charge in [-0.1, -0.05) is 35.3 Å². The lowest BCUT2D eigenvalue weighted by atomic mass is 10.1. The van der Waals surface area contributed by atoms with Crippen molar-refractivity contribution in [1.29, 1.82) is 0 Å². The number of hydrogen-bond donors (Lipinski definition) is 1. The molecule has 0 aromatic heterocycles. The molecule has 0 saturated carbocycles. The molecule has 2 N–H and O–H groups in total. The third kappa shape index (κ3) is 2.60. The third-order valence-corrected chi connectivity index (χ3v) is 3.37. The molecule has 2 rings (SSSR count). The van der Waals surface area contributed by atoms with Crippen molar-refractivity contribution in [3.05, 3.63) is 33.8 Å². The molecule has 1 heterocycles. The number of aryl methyl sites for hydroxylation is 1. The molecular formula is C11H12Cl2N2O. The summed E-state index contributed by atoms with van der Waals surface area (Å²) in [5.41, 5.74) is 6.47. The molecule has 5 heteroatoms. The summed E-state index contributed by atoms with van der Waals surface area (Å²) in [6, 6.07) is 6.06. The maximum Gasteiger partial charge on any atom is 0.282 e. The molecule has 0 amide bonds. The first-order chi connectivity index (χ1) is 7.66. The summed E-state index contributed by atoms with van der Waals surface area (Å²) >= 11 is 12.0. The number of amidine groups is 1. The molecule has 0 fully saturated rings. The third-order valence-electron chi connectivity index (χ3n) is 2.51. The molecule has 0 saturated heterocycles. The molecule has 1 aromatic rings. The maximum atomic E-state index is 6.08. The van der Waals surface area contributed by atoms with E-state index in [2.05, 4.69) is 4.99 Å². The molecule has 0 unspecified atom stereocenters. The van der Waals surface area contributed by atoms with E-state index in [0.717, 1.165) is 18.4 Å². The number of rotatable bonds is 3. The molecule has 0 spiro atoms. The second kappa shape index (κ2) is 4.93. The fourth-order valence-electron chi connectivity index (χ4n) is 1.65. The predicted molar refractivity (Wildman–Crippen MR) is 66.1 cm³/mol. The van der Waals surface area contributed by atoms with Gasteiger partial charge >= 0.3 is 0 Å². The van der Waals surface area contributed by atoms with E-state index in [9.17, 15) is 0 Å². The second-order valence-electron chi connectivity index (χ2n) is 3.68. The van der Waals surface area contributed by atoms with Crippen LogP contribution in [0.25, 0.3) is 0 Å². The molecule has 0 bridgehead atoms. The Bertz CT molecular complexity index is 420. The van der Waals surface area contributed by atoms with Gasteiger partial charge in [-0.3, -0.25) is 0 Å². The van der Waals surface area contributed by atoms with Gasteiger partial charge in [-0.2, -0.15) is 0 Å². The van der Waals surface area contributed by atoms with Crippen molar-refractivity contribution in [2.45, 2.75) is 18.9 Å². The summed E-state index contributed by atoms with van der Waals surface area (Å²) in [7, 11) is 0. The molecule has 1 atom stereocenters. The van der Waals surface area contributed by atoms with Crippen molar-refractivity contribution in [3.8, 4) is 0 Å². The minimum Gasteiger partial charge on any atom is -0.463 e. The van der Waals surface area contributed by atoms with Crippen molar-refractivity contribution >= 4 is 29.2 Å². The van der Waals surface area contributed by atoms with Crippen molar-refractivity contribution in [1.82, 2.24) is 0 Å². The number of nitrogens with zero attached hydrogens (tertiary/aromatic N) is 1. The Morgan fingerprint density at radius 2 is 2.25 bits per heavy atom. The maximum absolute atomic E-state index is 6.08. The highest BCUT2D eigenvalue weighted by molar-refractivity contribution is 6.42. The summed E-state index contributed by atoms with van der Waals surface area (Å²) in [5, 5.41) is 1.21. The highest BCUT2D eigenvalue weighted by Gasteiger charge is 2.17. The Hall–Kier alpha value is -0.930. The average molecular weight is 259 g/mol. The second-order valence-corrected chi connectivity index (χ2v) is 4.47. The summed E-state index contributed by atoms with van der Waals surface area (Å²) in [6.07, 6.45) is 1.69. The normalized spacial score (nSPS) is 19.4. The Kier molecular flexibility index (Phi) is 3.56. The zero-order valence-electron chi connectivity index (χ0n) is 8.62. The number of benzene rings is 1. The molecule has 1 aromatic carbocycles. The van der Waals surface area contributed by atoms with Crippen LogP contribution in [-0.4, -0.2) is 18.7 Å². The molecular weight excluding hydrogens is 247 g/mol. The summed E-state index contributed by atoms with van der Waals surface area (Å²) in [5.74, 6) is 0. The van der Waals surface area contributed by atoms with E-state index in [4.69, 9.17) is 33.7 Å². The van der Waals surface area contributed by atoms with Crippen LogP contribution in [0.3, 0.4) is 0 Å². The Morgan fingerprint density at radius 3 is 2.94 bits per heavy atom. The van der Waals surface area contributed by atoms with Gasteiger partial charge in [-0.05, 0) is 24.5 Å². The quantitative estimate of drug-likeness (QED) is 0.907. The van der Waals surface area contributed by atoms with Gasteiger partial charge in [0.15, 0.2) is 0 Å². The van der Waals surface area contributed by atoms with E-state index in [-0.39, 0.29) is 12.1 Å². The minimum absolute atomic E-state index is 0.134. The topological polar surface area (TPSA) is 47.6 Å². The fraction of sp³-hybridized carbons (Fsp3) is 0.364. The van der Waals surface area contributed by atoms with E-state index in [1.54, 1.807) is 6.07 Å². The summed E-state index contributed by atoms with van der Waals surface area (Å²) < 4.78 is 5.08. The molecule has 0 aliphatic carbocycles. The summed E-state index contributed by atoms with van der Waals surface area (Å²) in [4.78, 5) is 4.15. The van der Waals surface area contributed by atoms with Crippen LogP contribution in [0.4, 0.5) is 0 Å². The van der Waals surface area contributed by atoms with Gasteiger partial charge in [0, 0.05) is 0 Å². The molecule has 1 aliphatic rings. The van der Waals surface area contributed by atoms with Gasteiger partial charge in [0.2, 0.25) is 0 Å². The smallest absolute Gasteiger partial charge is 0.282 e. The van der Waals surface area contributed by atoms with Gasteiger partial charge in [-0.15, -0.1) is 0 Å².